The fraction of sp³-hybridized carbons (Fsp3) is 0.190. The minimum Gasteiger partial charge on any atom is -0.478 e. The summed E-state index contributed by atoms with van der Waals surface area (Å²) in [7, 11) is 0. The van der Waals surface area contributed by atoms with E-state index in [0.717, 1.165) is 12.1 Å². The Morgan fingerprint density at radius 3 is 2.62 bits per heavy atom. The average Bonchev–Trinajstić information content (AvgIpc) is 2.67. The molecule has 0 spiro atoms. The smallest absolute Gasteiger partial charge is 0.405 e. The predicted molar refractivity (Wildman–Crippen MR) is 102 cm³/mol. The number of pyridine rings is 1. The van der Waals surface area contributed by atoms with E-state index in [-0.39, 0.29) is 11.1 Å². The number of carbonyl (C=O) groups is 2. The molecule has 0 radical (unpaired) electrons. The van der Waals surface area contributed by atoms with Gasteiger partial charge in [0, 0.05) is 22.7 Å². The Labute approximate surface area is 165 Å². The second-order valence-electron chi connectivity index (χ2n) is 6.28. The quantitative estimate of drug-likeness (QED) is 0.596. The summed E-state index contributed by atoms with van der Waals surface area (Å²) in [4.78, 5) is 28.1. The number of nitrogens with one attached hydrogen (secondary N) is 1. The van der Waals surface area contributed by atoms with Crippen molar-refractivity contribution in [2.45, 2.75) is 19.9 Å². The van der Waals surface area contributed by atoms with Gasteiger partial charge in [0.15, 0.2) is 5.78 Å². The molecule has 1 amide bonds. The largest absolute Gasteiger partial charge is 0.478 e. The van der Waals surface area contributed by atoms with Gasteiger partial charge in [-0.15, -0.1) is 0 Å². The lowest BCUT2D eigenvalue weighted by Crippen LogP contribution is -2.26. The zero-order valence-corrected chi connectivity index (χ0v) is 15.7. The van der Waals surface area contributed by atoms with Crippen molar-refractivity contribution < 1.29 is 28.2 Å². The van der Waals surface area contributed by atoms with Crippen molar-refractivity contribution >= 4 is 22.6 Å². The van der Waals surface area contributed by atoms with Crippen LogP contribution in [0.4, 0.5) is 13.6 Å². The van der Waals surface area contributed by atoms with Gasteiger partial charge in [-0.3, -0.25) is 4.79 Å². The molecule has 0 saturated heterocycles. The van der Waals surface area contributed by atoms with Crippen molar-refractivity contribution in [3.8, 4) is 5.88 Å². The molecule has 3 aromatic rings. The summed E-state index contributed by atoms with van der Waals surface area (Å²) < 4.78 is 35.0. The molecule has 3 rings (SSSR count). The summed E-state index contributed by atoms with van der Waals surface area (Å²) in [6.45, 7) is 3.55. The number of rotatable bonds is 6. The van der Waals surface area contributed by atoms with Gasteiger partial charge in [0.1, 0.15) is 11.6 Å². The van der Waals surface area contributed by atoms with Crippen LogP contribution in [-0.4, -0.2) is 28.6 Å². The Bertz CT molecular complexity index is 1100. The maximum atomic E-state index is 15.0. The number of carbonyl (C=O) groups excluding carboxylic acids is 1. The number of nitrogens with zero attached hydrogens (tertiary/aromatic N) is 1. The van der Waals surface area contributed by atoms with E-state index in [1.165, 1.54) is 19.2 Å². The van der Waals surface area contributed by atoms with Crippen LogP contribution in [0, 0.1) is 11.6 Å². The van der Waals surface area contributed by atoms with E-state index in [2.05, 4.69) is 10.3 Å². The van der Waals surface area contributed by atoms with Gasteiger partial charge in [0.05, 0.1) is 18.2 Å². The number of hydrogen-bond acceptors (Lipinski definition) is 4. The van der Waals surface area contributed by atoms with E-state index >= 15 is 4.39 Å². The lowest BCUT2D eigenvalue weighted by atomic mass is 9.94. The summed E-state index contributed by atoms with van der Waals surface area (Å²) in [5.74, 6) is -2.68. The molecule has 0 saturated carbocycles. The van der Waals surface area contributed by atoms with Crippen molar-refractivity contribution in [2.24, 2.45) is 0 Å². The van der Waals surface area contributed by atoms with Crippen LogP contribution in [0.15, 0.2) is 42.6 Å². The van der Waals surface area contributed by atoms with Gasteiger partial charge in [-0.1, -0.05) is 18.2 Å². The van der Waals surface area contributed by atoms with Gasteiger partial charge in [-0.25, -0.2) is 18.6 Å². The van der Waals surface area contributed by atoms with E-state index in [4.69, 9.17) is 9.84 Å². The molecule has 150 valence electrons. The maximum absolute atomic E-state index is 15.0. The molecule has 6 nitrogen and oxygen atoms in total. The maximum Gasteiger partial charge on any atom is 0.405 e. The molecule has 8 heteroatoms. The third-order valence-electron chi connectivity index (χ3n) is 4.45. The van der Waals surface area contributed by atoms with Crippen LogP contribution in [0.5, 0.6) is 5.88 Å². The molecular weight excluding hydrogens is 382 g/mol. The highest BCUT2D eigenvalue weighted by atomic mass is 19.1. The Hall–Kier alpha value is -3.55. The summed E-state index contributed by atoms with van der Waals surface area (Å²) in [5, 5.41) is 11.9. The van der Waals surface area contributed by atoms with Crippen molar-refractivity contribution in [3.63, 3.8) is 0 Å². The molecule has 0 unspecified atom stereocenters. The molecule has 0 aliphatic carbocycles. The number of carboxylic acid groups (broad SMARTS) is 1. The second-order valence-corrected chi connectivity index (χ2v) is 6.28. The van der Waals surface area contributed by atoms with Gasteiger partial charge in [-0.05, 0) is 37.4 Å². The van der Waals surface area contributed by atoms with Gasteiger partial charge in [-0.2, -0.15) is 0 Å². The summed E-state index contributed by atoms with van der Waals surface area (Å²) in [5.41, 5.74) is -0.794. The number of hydrogen-bond donors (Lipinski definition) is 2. The third-order valence-corrected chi connectivity index (χ3v) is 4.45. The van der Waals surface area contributed by atoms with Crippen LogP contribution in [0.1, 0.15) is 41.4 Å². The van der Waals surface area contributed by atoms with Gasteiger partial charge >= 0.3 is 6.09 Å². The highest BCUT2D eigenvalue weighted by molar-refractivity contribution is 6.17. The number of ketones is 1. The first kappa shape index (κ1) is 20.2. The van der Waals surface area contributed by atoms with Crippen LogP contribution in [0.3, 0.4) is 0 Å². The zero-order chi connectivity index (χ0) is 21.1. The van der Waals surface area contributed by atoms with E-state index < -0.39 is 35.1 Å². The lowest BCUT2D eigenvalue weighted by Gasteiger charge is -2.16. The van der Waals surface area contributed by atoms with E-state index in [9.17, 15) is 14.0 Å². The first-order chi connectivity index (χ1) is 13.8. The third kappa shape index (κ3) is 3.87. The summed E-state index contributed by atoms with van der Waals surface area (Å²) >= 11 is 0. The number of ether oxygens (including phenoxy) is 1. The van der Waals surface area contributed by atoms with Crippen molar-refractivity contribution in [2.75, 3.05) is 6.61 Å². The van der Waals surface area contributed by atoms with Gasteiger partial charge in [0.25, 0.3) is 0 Å². The van der Waals surface area contributed by atoms with Crippen LogP contribution >= 0.6 is 0 Å². The van der Waals surface area contributed by atoms with Gasteiger partial charge < -0.3 is 15.2 Å². The highest BCUT2D eigenvalue weighted by Crippen LogP contribution is 2.30. The SMILES string of the molecule is CCOc1nccc2c(C(=O)c3c(F)ccc([C@@H](C)NC(=O)O)c3F)cccc12. The molecule has 1 atom stereocenters. The first-order valence-electron chi connectivity index (χ1n) is 8.87. The Balaban J connectivity index is 2.14. The van der Waals surface area contributed by atoms with Crippen LogP contribution in [0.25, 0.3) is 10.8 Å². The van der Waals surface area contributed by atoms with Crippen molar-refractivity contribution in [1.82, 2.24) is 10.3 Å². The average molecular weight is 400 g/mol. The Kier molecular flexibility index (Phi) is 5.72. The molecule has 1 heterocycles. The Morgan fingerprint density at radius 1 is 1.17 bits per heavy atom. The number of fused-ring (bicyclic) bond motifs is 1. The molecule has 2 N–H and O–H groups in total. The molecule has 1 aromatic heterocycles. The molecule has 0 bridgehead atoms. The zero-order valence-electron chi connectivity index (χ0n) is 15.7. The minimum atomic E-state index is -1.36. The Morgan fingerprint density at radius 2 is 1.93 bits per heavy atom. The molecule has 29 heavy (non-hydrogen) atoms. The number of halogens is 2. The fourth-order valence-electron chi connectivity index (χ4n) is 3.14. The normalized spacial score (nSPS) is 11.9. The number of amides is 1. The van der Waals surface area contributed by atoms with E-state index in [1.807, 2.05) is 0 Å². The van der Waals surface area contributed by atoms with Crippen LogP contribution < -0.4 is 10.1 Å². The lowest BCUT2D eigenvalue weighted by molar-refractivity contribution is 0.103. The minimum absolute atomic E-state index is 0.0830. The van der Waals surface area contributed by atoms with Crippen LogP contribution in [0.2, 0.25) is 0 Å². The standard InChI is InChI=1S/C21H18F2N2O4/c1-3-29-20-15-6-4-5-14(13(15)9-10-24-20)19(26)17-16(22)8-7-12(18(17)23)11(2)25-21(27)28/h4-11,25H,3H2,1-2H3,(H,27,28)/t11-/m1/s1. The molecule has 2 aromatic carbocycles. The molecule has 0 aliphatic heterocycles. The van der Waals surface area contributed by atoms with E-state index in [0.29, 0.717) is 23.3 Å². The summed E-state index contributed by atoms with van der Waals surface area (Å²) in [6.07, 6.45) is 0.0886. The predicted octanol–water partition coefficient (Wildman–Crippen LogP) is 4.47. The molecule has 0 fully saturated rings. The summed E-state index contributed by atoms with van der Waals surface area (Å²) in [6, 6.07) is 7.40. The molecular formula is C21H18F2N2O4. The molecule has 0 aliphatic rings. The number of benzene rings is 2. The number of aromatic nitrogens is 1. The van der Waals surface area contributed by atoms with Crippen molar-refractivity contribution in [1.29, 1.82) is 0 Å². The van der Waals surface area contributed by atoms with Crippen molar-refractivity contribution in [3.05, 3.63) is 70.9 Å². The monoisotopic (exact) mass is 400 g/mol. The van der Waals surface area contributed by atoms with E-state index in [1.54, 1.807) is 25.1 Å². The first-order valence-corrected chi connectivity index (χ1v) is 8.87. The topological polar surface area (TPSA) is 88.5 Å². The fourth-order valence-corrected chi connectivity index (χ4v) is 3.14. The van der Waals surface area contributed by atoms with Crippen LogP contribution in [-0.2, 0) is 0 Å². The highest BCUT2D eigenvalue weighted by Gasteiger charge is 2.26. The second kappa shape index (κ2) is 8.22. The van der Waals surface area contributed by atoms with Gasteiger partial charge in [0.2, 0.25) is 5.88 Å².